The Labute approximate surface area is 161 Å². The molecular weight excluding hydrogens is 338 g/mol. The van der Waals surface area contributed by atoms with E-state index in [9.17, 15) is 4.79 Å². The molecule has 1 N–H and O–H groups in total. The molecule has 2 aliphatic carbocycles. The van der Waals surface area contributed by atoms with Crippen LogP contribution < -0.4 is 10.2 Å². The first-order valence-electron chi connectivity index (χ1n) is 10.9. The second-order valence-corrected chi connectivity index (χ2v) is 8.81. The number of amides is 1. The van der Waals surface area contributed by atoms with Crippen molar-refractivity contribution >= 4 is 11.7 Å². The minimum atomic E-state index is 0.197. The van der Waals surface area contributed by atoms with Crippen LogP contribution >= 0.6 is 0 Å². The number of anilines is 1. The minimum Gasteiger partial charge on any atom is -0.356 e. The maximum atomic E-state index is 12.5. The zero-order chi connectivity index (χ0) is 18.2. The van der Waals surface area contributed by atoms with E-state index < -0.39 is 0 Å². The molecule has 6 heteroatoms. The second-order valence-electron chi connectivity index (χ2n) is 8.81. The summed E-state index contributed by atoms with van der Waals surface area (Å²) >= 11 is 0. The van der Waals surface area contributed by atoms with Crippen molar-refractivity contribution in [2.75, 3.05) is 31.1 Å². The Morgan fingerprint density at radius 1 is 1.00 bits per heavy atom. The van der Waals surface area contributed by atoms with E-state index in [0.29, 0.717) is 18.0 Å². The summed E-state index contributed by atoms with van der Waals surface area (Å²) in [4.78, 5) is 26.6. The first-order chi connectivity index (χ1) is 13.3. The highest BCUT2D eigenvalue weighted by Gasteiger charge is 2.34. The largest absolute Gasteiger partial charge is 0.356 e. The van der Waals surface area contributed by atoms with Crippen molar-refractivity contribution in [3.8, 4) is 0 Å². The fourth-order valence-corrected chi connectivity index (χ4v) is 5.16. The molecular formula is C21H31N5O. The average Bonchev–Trinajstić information content (AvgIpc) is 3.40. The Morgan fingerprint density at radius 3 is 2.67 bits per heavy atom. The minimum absolute atomic E-state index is 0.197. The molecule has 1 saturated carbocycles. The van der Waals surface area contributed by atoms with Gasteiger partial charge in [-0.2, -0.15) is 0 Å². The van der Waals surface area contributed by atoms with Crippen LogP contribution in [0.5, 0.6) is 0 Å². The number of likely N-dealkylation sites (tertiary alicyclic amines) is 1. The van der Waals surface area contributed by atoms with Crippen LogP contribution in [0, 0.1) is 5.92 Å². The monoisotopic (exact) mass is 369 g/mol. The van der Waals surface area contributed by atoms with Gasteiger partial charge in [-0.1, -0.05) is 0 Å². The zero-order valence-corrected chi connectivity index (χ0v) is 16.2. The van der Waals surface area contributed by atoms with Crippen LogP contribution in [0.1, 0.15) is 56.2 Å². The molecule has 1 aromatic heterocycles. The van der Waals surface area contributed by atoms with Crippen molar-refractivity contribution in [2.45, 2.75) is 69.9 Å². The lowest BCUT2D eigenvalue weighted by Crippen LogP contribution is -2.51. The van der Waals surface area contributed by atoms with E-state index in [0.717, 1.165) is 51.9 Å². The van der Waals surface area contributed by atoms with E-state index in [1.807, 2.05) is 0 Å². The summed E-state index contributed by atoms with van der Waals surface area (Å²) in [5.41, 5.74) is 2.66. The second kappa shape index (κ2) is 7.38. The maximum Gasteiger partial charge on any atom is 0.224 e. The third-order valence-corrected chi connectivity index (χ3v) is 6.88. The van der Waals surface area contributed by atoms with E-state index in [4.69, 9.17) is 0 Å². The van der Waals surface area contributed by atoms with E-state index in [2.05, 4.69) is 25.1 Å². The molecule has 27 heavy (non-hydrogen) atoms. The number of nitrogens with one attached hydrogen (secondary N) is 1. The molecule has 1 atom stereocenters. The van der Waals surface area contributed by atoms with Gasteiger partial charge in [0.05, 0.1) is 5.92 Å². The fourth-order valence-electron chi connectivity index (χ4n) is 5.16. The van der Waals surface area contributed by atoms with Gasteiger partial charge >= 0.3 is 0 Å². The number of rotatable bonds is 4. The molecule has 0 spiro atoms. The number of nitrogens with zero attached hydrogens (tertiary/aromatic N) is 4. The van der Waals surface area contributed by atoms with Crippen molar-refractivity contribution in [1.82, 2.24) is 20.2 Å². The van der Waals surface area contributed by atoms with Crippen LogP contribution in [0.15, 0.2) is 6.33 Å². The lowest BCUT2D eigenvalue weighted by Gasteiger charge is -2.42. The Morgan fingerprint density at radius 2 is 1.85 bits per heavy atom. The molecule has 6 nitrogen and oxygen atoms in total. The van der Waals surface area contributed by atoms with Gasteiger partial charge in [-0.15, -0.1) is 0 Å². The van der Waals surface area contributed by atoms with E-state index in [-0.39, 0.29) is 5.92 Å². The fraction of sp³-hybridized carbons (Fsp3) is 0.762. The van der Waals surface area contributed by atoms with Gasteiger partial charge in [-0.25, -0.2) is 9.97 Å². The molecule has 3 fully saturated rings. The van der Waals surface area contributed by atoms with Crippen LogP contribution in [-0.4, -0.2) is 59.0 Å². The van der Waals surface area contributed by atoms with Gasteiger partial charge in [-0.3, -0.25) is 9.69 Å². The predicted octanol–water partition coefficient (Wildman–Crippen LogP) is 1.92. The van der Waals surface area contributed by atoms with Crippen molar-refractivity contribution < 1.29 is 4.79 Å². The number of aromatic nitrogens is 2. The Kier molecular flexibility index (Phi) is 4.76. The summed E-state index contributed by atoms with van der Waals surface area (Å²) in [7, 11) is 0. The van der Waals surface area contributed by atoms with Crippen LogP contribution in [-0.2, 0) is 17.6 Å². The number of hydrogen-bond donors (Lipinski definition) is 1. The molecule has 2 saturated heterocycles. The highest BCUT2D eigenvalue weighted by molar-refractivity contribution is 5.79. The molecule has 4 aliphatic rings. The summed E-state index contributed by atoms with van der Waals surface area (Å²) < 4.78 is 0. The standard InChI is InChI=1S/C21H31N5O/c27-21(24-16-6-7-16)15-3-2-10-26(13-15)17-8-11-25(12-9-17)20-18-4-1-5-19(18)22-14-23-20/h14-17H,1-13H2,(H,24,27)/t15-/m0/s1. The van der Waals surface area contributed by atoms with E-state index in [1.54, 1.807) is 6.33 Å². The summed E-state index contributed by atoms with van der Waals surface area (Å²) in [5.74, 6) is 1.69. The normalized spacial score (nSPS) is 26.8. The predicted molar refractivity (Wildman–Crippen MR) is 105 cm³/mol. The van der Waals surface area contributed by atoms with E-state index in [1.165, 1.54) is 49.2 Å². The smallest absolute Gasteiger partial charge is 0.224 e. The molecule has 0 aromatic carbocycles. The third kappa shape index (κ3) is 3.68. The summed E-state index contributed by atoms with van der Waals surface area (Å²) in [5, 5.41) is 3.21. The zero-order valence-electron chi connectivity index (χ0n) is 16.2. The van der Waals surface area contributed by atoms with Gasteiger partial charge in [0.2, 0.25) is 5.91 Å². The van der Waals surface area contributed by atoms with Crippen molar-refractivity contribution in [3.63, 3.8) is 0 Å². The Hall–Kier alpha value is -1.69. The van der Waals surface area contributed by atoms with Gasteiger partial charge in [0.15, 0.2) is 0 Å². The number of piperidine rings is 2. The molecule has 2 aliphatic heterocycles. The van der Waals surface area contributed by atoms with Gasteiger partial charge in [0.1, 0.15) is 12.1 Å². The van der Waals surface area contributed by atoms with Crippen LogP contribution in [0.25, 0.3) is 0 Å². The summed E-state index contributed by atoms with van der Waals surface area (Å²) in [6.07, 6.45) is 12.1. The molecule has 146 valence electrons. The van der Waals surface area contributed by atoms with E-state index >= 15 is 0 Å². The van der Waals surface area contributed by atoms with Crippen LogP contribution in [0.4, 0.5) is 5.82 Å². The molecule has 5 rings (SSSR count). The Balaban J connectivity index is 1.18. The number of aryl methyl sites for hydroxylation is 1. The number of hydrogen-bond acceptors (Lipinski definition) is 5. The lowest BCUT2D eigenvalue weighted by molar-refractivity contribution is -0.127. The quantitative estimate of drug-likeness (QED) is 0.879. The molecule has 0 radical (unpaired) electrons. The van der Waals surface area contributed by atoms with Crippen molar-refractivity contribution in [3.05, 3.63) is 17.6 Å². The Bertz CT molecular complexity index is 696. The van der Waals surface area contributed by atoms with Gasteiger partial charge in [0.25, 0.3) is 0 Å². The highest BCUT2D eigenvalue weighted by Crippen LogP contribution is 2.31. The van der Waals surface area contributed by atoms with Crippen molar-refractivity contribution in [1.29, 1.82) is 0 Å². The SMILES string of the molecule is O=C(NC1CC1)[C@H]1CCCN(C2CCN(c3ncnc4c3CCC4)CC2)C1. The van der Waals surface area contributed by atoms with Crippen molar-refractivity contribution in [2.24, 2.45) is 5.92 Å². The summed E-state index contributed by atoms with van der Waals surface area (Å²) in [6, 6.07) is 1.10. The number of fused-ring (bicyclic) bond motifs is 1. The number of carbonyl (C=O) groups is 1. The summed E-state index contributed by atoms with van der Waals surface area (Å²) in [6.45, 7) is 4.25. The van der Waals surface area contributed by atoms with Gasteiger partial charge < -0.3 is 10.2 Å². The van der Waals surface area contributed by atoms with Gasteiger partial charge in [0, 0.05) is 43.0 Å². The topological polar surface area (TPSA) is 61.4 Å². The molecule has 1 amide bonds. The molecule has 1 aromatic rings. The molecule has 3 heterocycles. The lowest BCUT2D eigenvalue weighted by atomic mass is 9.93. The van der Waals surface area contributed by atoms with Gasteiger partial charge in [-0.05, 0) is 64.3 Å². The maximum absolute atomic E-state index is 12.5. The number of carbonyl (C=O) groups excluding carboxylic acids is 1. The first kappa shape index (κ1) is 17.4. The first-order valence-corrected chi connectivity index (χ1v) is 10.9. The van der Waals surface area contributed by atoms with Crippen LogP contribution in [0.2, 0.25) is 0 Å². The third-order valence-electron chi connectivity index (χ3n) is 6.88. The highest BCUT2D eigenvalue weighted by atomic mass is 16.2. The van der Waals surface area contributed by atoms with Crippen LogP contribution in [0.3, 0.4) is 0 Å². The average molecular weight is 370 g/mol. The molecule has 0 bridgehead atoms. The molecule has 0 unspecified atom stereocenters.